The van der Waals surface area contributed by atoms with Gasteiger partial charge < -0.3 is 10.2 Å². The maximum absolute atomic E-state index is 6.20. The topological polar surface area (TPSA) is 28.2 Å². The fourth-order valence-corrected chi connectivity index (χ4v) is 1.85. The number of anilines is 1. The van der Waals surface area contributed by atoms with Crippen molar-refractivity contribution in [3.05, 3.63) is 22.8 Å². The largest absolute Gasteiger partial charge is 0.357 e. The highest BCUT2D eigenvalue weighted by molar-refractivity contribution is 6.31. The lowest BCUT2D eigenvalue weighted by molar-refractivity contribution is 0.424. The molecular formula is C14H24ClN3. The summed E-state index contributed by atoms with van der Waals surface area (Å²) in [6.45, 7) is 13.4. The molecule has 1 N–H and O–H groups in total. The van der Waals surface area contributed by atoms with Gasteiger partial charge in [0, 0.05) is 31.4 Å². The summed E-state index contributed by atoms with van der Waals surface area (Å²) in [6.07, 6.45) is 1.74. The van der Waals surface area contributed by atoms with Gasteiger partial charge in [-0.3, -0.25) is 0 Å². The Bertz CT molecular complexity index is 381. The number of rotatable bonds is 5. The third kappa shape index (κ3) is 4.46. The Labute approximate surface area is 116 Å². The molecule has 0 aliphatic rings. The highest BCUT2D eigenvalue weighted by atomic mass is 35.5. The summed E-state index contributed by atoms with van der Waals surface area (Å²) in [5.74, 6) is 0.995. The standard InChI is InChI=1S/C14H24ClN3/c1-6-18(7-2)13-8-11(12(15)10-16-13)9-17-14(3,4)5/h8,10,17H,6-7,9H2,1-5H3. The Kier molecular flexibility index (Phi) is 5.42. The first-order valence-corrected chi connectivity index (χ1v) is 6.89. The van der Waals surface area contributed by atoms with E-state index in [0.29, 0.717) is 0 Å². The fraction of sp³-hybridized carbons (Fsp3) is 0.643. The van der Waals surface area contributed by atoms with Crippen LogP contribution in [0.25, 0.3) is 0 Å². The molecule has 1 aromatic heterocycles. The van der Waals surface area contributed by atoms with E-state index in [2.05, 4.69) is 55.9 Å². The van der Waals surface area contributed by atoms with Gasteiger partial charge in [0.15, 0.2) is 0 Å². The molecule has 1 rings (SSSR count). The van der Waals surface area contributed by atoms with Gasteiger partial charge in [-0.1, -0.05) is 11.6 Å². The molecule has 3 nitrogen and oxygen atoms in total. The first-order valence-electron chi connectivity index (χ1n) is 6.51. The molecule has 0 bridgehead atoms. The molecule has 0 radical (unpaired) electrons. The smallest absolute Gasteiger partial charge is 0.128 e. The predicted molar refractivity (Wildman–Crippen MR) is 79.4 cm³/mol. The number of nitrogens with one attached hydrogen (secondary N) is 1. The summed E-state index contributed by atoms with van der Waals surface area (Å²) in [4.78, 5) is 6.61. The van der Waals surface area contributed by atoms with Crippen LogP contribution >= 0.6 is 11.6 Å². The van der Waals surface area contributed by atoms with Crippen LogP contribution in [-0.4, -0.2) is 23.6 Å². The minimum absolute atomic E-state index is 0.0853. The average Bonchev–Trinajstić information content (AvgIpc) is 2.30. The second-order valence-corrected chi connectivity index (χ2v) is 5.82. The van der Waals surface area contributed by atoms with E-state index in [0.717, 1.165) is 36.0 Å². The van der Waals surface area contributed by atoms with E-state index < -0.39 is 0 Å². The number of nitrogens with zero attached hydrogens (tertiary/aromatic N) is 2. The number of hydrogen-bond acceptors (Lipinski definition) is 3. The lowest BCUT2D eigenvalue weighted by Gasteiger charge is -2.23. The molecular weight excluding hydrogens is 246 g/mol. The Morgan fingerprint density at radius 3 is 2.39 bits per heavy atom. The molecule has 4 heteroatoms. The van der Waals surface area contributed by atoms with Crippen molar-refractivity contribution in [1.29, 1.82) is 0 Å². The summed E-state index contributed by atoms with van der Waals surface area (Å²) in [7, 11) is 0. The Morgan fingerprint density at radius 2 is 1.89 bits per heavy atom. The van der Waals surface area contributed by atoms with Crippen LogP contribution in [0, 0.1) is 0 Å². The minimum Gasteiger partial charge on any atom is -0.357 e. The van der Waals surface area contributed by atoms with Crippen molar-refractivity contribution >= 4 is 17.4 Å². The molecule has 0 aliphatic heterocycles. The zero-order valence-electron chi connectivity index (χ0n) is 12.0. The number of halogens is 1. The van der Waals surface area contributed by atoms with E-state index in [1.54, 1.807) is 6.20 Å². The van der Waals surface area contributed by atoms with Gasteiger partial charge in [-0.25, -0.2) is 4.98 Å². The zero-order valence-corrected chi connectivity index (χ0v) is 12.8. The van der Waals surface area contributed by atoms with E-state index in [1.165, 1.54) is 0 Å². The van der Waals surface area contributed by atoms with Crippen molar-refractivity contribution in [2.75, 3.05) is 18.0 Å². The van der Waals surface area contributed by atoms with E-state index in [-0.39, 0.29) is 5.54 Å². The zero-order chi connectivity index (χ0) is 13.8. The third-order valence-corrected chi connectivity index (χ3v) is 3.16. The molecule has 0 amide bonds. The lowest BCUT2D eigenvalue weighted by Crippen LogP contribution is -2.35. The van der Waals surface area contributed by atoms with E-state index in [1.807, 2.05) is 0 Å². The van der Waals surface area contributed by atoms with Crippen LogP contribution < -0.4 is 10.2 Å². The van der Waals surface area contributed by atoms with Crippen molar-refractivity contribution in [1.82, 2.24) is 10.3 Å². The lowest BCUT2D eigenvalue weighted by atomic mass is 10.1. The normalized spacial score (nSPS) is 11.7. The summed E-state index contributed by atoms with van der Waals surface area (Å²) >= 11 is 6.20. The maximum Gasteiger partial charge on any atom is 0.128 e. The van der Waals surface area contributed by atoms with Crippen LogP contribution in [0.3, 0.4) is 0 Å². The van der Waals surface area contributed by atoms with Crippen LogP contribution in [0.15, 0.2) is 12.3 Å². The minimum atomic E-state index is 0.0853. The van der Waals surface area contributed by atoms with Crippen molar-refractivity contribution in [2.24, 2.45) is 0 Å². The van der Waals surface area contributed by atoms with E-state index >= 15 is 0 Å². The molecule has 1 heterocycles. The Hall–Kier alpha value is -0.800. The molecule has 0 spiro atoms. The Morgan fingerprint density at radius 1 is 1.28 bits per heavy atom. The highest BCUT2D eigenvalue weighted by Gasteiger charge is 2.12. The maximum atomic E-state index is 6.20. The van der Waals surface area contributed by atoms with Crippen LogP contribution in [0.5, 0.6) is 0 Å². The van der Waals surface area contributed by atoms with Gasteiger partial charge in [-0.05, 0) is 46.2 Å². The molecule has 0 fully saturated rings. The molecule has 102 valence electrons. The number of pyridine rings is 1. The van der Waals surface area contributed by atoms with Crippen LogP contribution in [0.2, 0.25) is 5.02 Å². The van der Waals surface area contributed by atoms with E-state index in [9.17, 15) is 0 Å². The summed E-state index contributed by atoms with van der Waals surface area (Å²) < 4.78 is 0. The van der Waals surface area contributed by atoms with Gasteiger partial charge in [-0.15, -0.1) is 0 Å². The first kappa shape index (κ1) is 15.3. The van der Waals surface area contributed by atoms with Crippen molar-refractivity contribution in [3.63, 3.8) is 0 Å². The quantitative estimate of drug-likeness (QED) is 0.887. The number of hydrogen-bond donors (Lipinski definition) is 1. The SMILES string of the molecule is CCN(CC)c1cc(CNC(C)(C)C)c(Cl)cn1. The highest BCUT2D eigenvalue weighted by Crippen LogP contribution is 2.21. The van der Waals surface area contributed by atoms with Crippen molar-refractivity contribution < 1.29 is 0 Å². The Balaban J connectivity index is 2.87. The third-order valence-electron chi connectivity index (χ3n) is 2.82. The molecule has 0 saturated heterocycles. The molecule has 0 atom stereocenters. The van der Waals surface area contributed by atoms with Crippen LogP contribution in [-0.2, 0) is 6.54 Å². The molecule has 0 unspecified atom stereocenters. The van der Waals surface area contributed by atoms with E-state index in [4.69, 9.17) is 11.6 Å². The number of aromatic nitrogens is 1. The summed E-state index contributed by atoms with van der Waals surface area (Å²) in [5, 5.41) is 4.18. The van der Waals surface area contributed by atoms with Gasteiger partial charge in [0.25, 0.3) is 0 Å². The molecule has 0 aliphatic carbocycles. The monoisotopic (exact) mass is 269 g/mol. The van der Waals surface area contributed by atoms with Gasteiger partial charge in [0.1, 0.15) is 5.82 Å². The second kappa shape index (κ2) is 6.39. The molecule has 0 saturated carbocycles. The first-order chi connectivity index (χ1) is 8.37. The summed E-state index contributed by atoms with van der Waals surface area (Å²) in [5.41, 5.74) is 1.19. The van der Waals surface area contributed by atoms with Gasteiger partial charge in [-0.2, -0.15) is 0 Å². The molecule has 1 aromatic rings. The van der Waals surface area contributed by atoms with Crippen LogP contribution in [0.4, 0.5) is 5.82 Å². The molecule has 18 heavy (non-hydrogen) atoms. The summed E-state index contributed by atoms with van der Waals surface area (Å²) in [6, 6.07) is 2.08. The molecule has 0 aromatic carbocycles. The average molecular weight is 270 g/mol. The van der Waals surface area contributed by atoms with Gasteiger partial charge in [0.2, 0.25) is 0 Å². The van der Waals surface area contributed by atoms with Gasteiger partial charge >= 0.3 is 0 Å². The van der Waals surface area contributed by atoms with Crippen molar-refractivity contribution in [3.8, 4) is 0 Å². The predicted octanol–water partition coefficient (Wildman–Crippen LogP) is 3.47. The van der Waals surface area contributed by atoms with Crippen molar-refractivity contribution in [2.45, 2.75) is 46.7 Å². The van der Waals surface area contributed by atoms with Gasteiger partial charge in [0.05, 0.1) is 5.02 Å². The van der Waals surface area contributed by atoms with Crippen LogP contribution in [0.1, 0.15) is 40.2 Å². The fourth-order valence-electron chi connectivity index (χ4n) is 1.68. The second-order valence-electron chi connectivity index (χ2n) is 5.41.